The smallest absolute Gasteiger partial charge is 0.257 e. The summed E-state index contributed by atoms with van der Waals surface area (Å²) in [5.41, 5.74) is -0.0183. The van der Waals surface area contributed by atoms with E-state index in [0.29, 0.717) is 6.54 Å². The summed E-state index contributed by atoms with van der Waals surface area (Å²) in [5, 5.41) is 11.5. The first-order chi connectivity index (χ1) is 10.0. The predicted molar refractivity (Wildman–Crippen MR) is 79.4 cm³/mol. The van der Waals surface area contributed by atoms with E-state index in [0.717, 1.165) is 6.42 Å². The monoisotopic (exact) mass is 292 g/mol. The minimum Gasteiger partial charge on any atom is -0.368 e. The Labute approximate surface area is 124 Å². The largest absolute Gasteiger partial charge is 0.368 e. The van der Waals surface area contributed by atoms with Gasteiger partial charge in [0.25, 0.3) is 5.91 Å². The highest BCUT2D eigenvalue weighted by molar-refractivity contribution is 5.95. The first-order valence-corrected chi connectivity index (χ1v) is 7.09. The van der Waals surface area contributed by atoms with E-state index in [1.54, 1.807) is 0 Å². The van der Waals surface area contributed by atoms with Crippen molar-refractivity contribution < 1.29 is 9.18 Å². The fourth-order valence-electron chi connectivity index (χ4n) is 1.89. The Morgan fingerprint density at radius 3 is 2.86 bits per heavy atom. The van der Waals surface area contributed by atoms with Crippen LogP contribution in [0.3, 0.4) is 0 Å². The van der Waals surface area contributed by atoms with Crippen LogP contribution in [-0.4, -0.2) is 34.9 Å². The molecule has 0 saturated heterocycles. The van der Waals surface area contributed by atoms with Crippen molar-refractivity contribution in [2.24, 2.45) is 0 Å². The average Bonchev–Trinajstić information content (AvgIpc) is 2.46. The maximum absolute atomic E-state index is 14.4. The molecule has 0 aliphatic heterocycles. The molecule has 1 amide bonds. The van der Waals surface area contributed by atoms with Crippen LogP contribution in [0.15, 0.2) is 12.3 Å². The van der Waals surface area contributed by atoms with E-state index in [4.69, 9.17) is 5.26 Å². The molecule has 0 radical (unpaired) electrons. The van der Waals surface area contributed by atoms with Gasteiger partial charge in [0, 0.05) is 25.3 Å². The zero-order valence-electron chi connectivity index (χ0n) is 12.7. The number of hydrogen-bond donors (Lipinski definition) is 1. The lowest BCUT2D eigenvalue weighted by Crippen LogP contribution is -2.38. The van der Waals surface area contributed by atoms with Gasteiger partial charge >= 0.3 is 0 Å². The zero-order valence-corrected chi connectivity index (χ0v) is 12.7. The van der Waals surface area contributed by atoms with Gasteiger partial charge in [-0.2, -0.15) is 5.26 Å². The van der Waals surface area contributed by atoms with Crippen LogP contribution in [0.1, 0.15) is 44.0 Å². The summed E-state index contributed by atoms with van der Waals surface area (Å²) >= 11 is 0. The van der Waals surface area contributed by atoms with Gasteiger partial charge in [-0.1, -0.05) is 6.92 Å². The van der Waals surface area contributed by atoms with Gasteiger partial charge in [-0.25, -0.2) is 9.37 Å². The van der Waals surface area contributed by atoms with E-state index in [9.17, 15) is 9.18 Å². The number of anilines is 1. The molecule has 0 atom stereocenters. The molecule has 1 aromatic heterocycles. The summed E-state index contributed by atoms with van der Waals surface area (Å²) < 4.78 is 14.4. The van der Waals surface area contributed by atoms with Gasteiger partial charge in [0.2, 0.25) is 0 Å². The quantitative estimate of drug-likeness (QED) is 0.839. The number of nitriles is 1. The van der Waals surface area contributed by atoms with Crippen LogP contribution in [0.25, 0.3) is 0 Å². The summed E-state index contributed by atoms with van der Waals surface area (Å²) in [7, 11) is 0. The van der Waals surface area contributed by atoms with E-state index in [1.807, 2.05) is 26.8 Å². The molecule has 0 aliphatic carbocycles. The van der Waals surface area contributed by atoms with Crippen molar-refractivity contribution in [1.29, 1.82) is 5.26 Å². The standard InChI is InChI=1S/C15H21FN4O/c1-4-8-18-14-13(16)12(6-9-19-14)15(21)20(11(2)3)10-5-7-17/h6,9,11H,4-5,8,10H2,1-3H3,(H,18,19). The molecule has 0 bridgehead atoms. The van der Waals surface area contributed by atoms with Gasteiger partial charge < -0.3 is 10.2 Å². The van der Waals surface area contributed by atoms with Crippen molar-refractivity contribution in [3.63, 3.8) is 0 Å². The zero-order chi connectivity index (χ0) is 15.8. The van der Waals surface area contributed by atoms with E-state index < -0.39 is 11.7 Å². The van der Waals surface area contributed by atoms with Crippen molar-refractivity contribution in [2.45, 2.75) is 39.7 Å². The summed E-state index contributed by atoms with van der Waals surface area (Å²) in [6, 6.07) is 3.27. The molecule has 0 aromatic carbocycles. The van der Waals surface area contributed by atoms with Gasteiger partial charge in [0.15, 0.2) is 11.6 Å². The molecule has 0 aliphatic rings. The molecule has 0 unspecified atom stereocenters. The molecule has 1 rings (SSSR count). The minimum atomic E-state index is -0.640. The number of pyridine rings is 1. The normalized spacial score (nSPS) is 10.3. The number of rotatable bonds is 7. The molecule has 21 heavy (non-hydrogen) atoms. The lowest BCUT2D eigenvalue weighted by Gasteiger charge is -2.26. The summed E-state index contributed by atoms with van der Waals surface area (Å²) in [4.78, 5) is 17.9. The Balaban J connectivity index is 3.02. The number of hydrogen-bond acceptors (Lipinski definition) is 4. The van der Waals surface area contributed by atoms with Crippen LogP contribution in [-0.2, 0) is 0 Å². The highest BCUT2D eigenvalue weighted by atomic mass is 19.1. The molecular weight excluding hydrogens is 271 g/mol. The van der Waals surface area contributed by atoms with Crippen molar-refractivity contribution in [3.8, 4) is 6.07 Å². The Kier molecular flexibility index (Phi) is 6.60. The molecule has 1 heterocycles. The molecule has 0 spiro atoms. The Bertz CT molecular complexity index is 525. The second-order valence-electron chi connectivity index (χ2n) is 4.95. The lowest BCUT2D eigenvalue weighted by atomic mass is 10.1. The number of halogens is 1. The van der Waals surface area contributed by atoms with Crippen LogP contribution in [0.5, 0.6) is 0 Å². The molecule has 1 N–H and O–H groups in total. The topological polar surface area (TPSA) is 69.0 Å². The first kappa shape index (κ1) is 16.9. The third-order valence-electron chi connectivity index (χ3n) is 3.01. The maximum Gasteiger partial charge on any atom is 0.257 e. The van der Waals surface area contributed by atoms with Crippen LogP contribution in [0, 0.1) is 17.1 Å². The fraction of sp³-hybridized carbons (Fsp3) is 0.533. The number of carbonyl (C=O) groups excluding carboxylic acids is 1. The minimum absolute atomic E-state index is 0.0183. The van der Waals surface area contributed by atoms with Gasteiger partial charge in [0.05, 0.1) is 18.1 Å². The SMILES string of the molecule is CCCNc1nccc(C(=O)N(CCC#N)C(C)C)c1F. The molecule has 0 saturated carbocycles. The van der Waals surface area contributed by atoms with Gasteiger partial charge in [-0.3, -0.25) is 4.79 Å². The Hall–Kier alpha value is -2.16. The second-order valence-corrected chi connectivity index (χ2v) is 4.95. The molecule has 5 nitrogen and oxygen atoms in total. The van der Waals surface area contributed by atoms with Crippen LogP contribution in [0.2, 0.25) is 0 Å². The molecule has 6 heteroatoms. The molecule has 114 valence electrons. The van der Waals surface area contributed by atoms with Crippen LogP contribution < -0.4 is 5.32 Å². The third kappa shape index (κ3) is 4.42. The van der Waals surface area contributed by atoms with Gasteiger partial charge in [-0.15, -0.1) is 0 Å². The van der Waals surface area contributed by atoms with E-state index >= 15 is 0 Å². The van der Waals surface area contributed by atoms with Gasteiger partial charge in [0.1, 0.15) is 0 Å². The lowest BCUT2D eigenvalue weighted by molar-refractivity contribution is 0.0705. The summed E-state index contributed by atoms with van der Waals surface area (Å²) in [6.45, 7) is 6.51. The van der Waals surface area contributed by atoms with Crippen LogP contribution in [0.4, 0.5) is 10.2 Å². The Morgan fingerprint density at radius 2 is 2.29 bits per heavy atom. The van der Waals surface area contributed by atoms with E-state index in [1.165, 1.54) is 17.2 Å². The average molecular weight is 292 g/mol. The van der Waals surface area contributed by atoms with Crippen molar-refractivity contribution >= 4 is 11.7 Å². The highest BCUT2D eigenvalue weighted by Crippen LogP contribution is 2.18. The van der Waals surface area contributed by atoms with Crippen molar-refractivity contribution in [1.82, 2.24) is 9.88 Å². The predicted octanol–water partition coefficient (Wildman–Crippen LogP) is 2.81. The summed E-state index contributed by atoms with van der Waals surface area (Å²) in [6.07, 6.45) is 2.47. The Morgan fingerprint density at radius 1 is 1.57 bits per heavy atom. The third-order valence-corrected chi connectivity index (χ3v) is 3.01. The number of amides is 1. The fourth-order valence-corrected chi connectivity index (χ4v) is 1.89. The number of nitrogens with zero attached hydrogens (tertiary/aromatic N) is 3. The van der Waals surface area contributed by atoms with Crippen LogP contribution >= 0.6 is 0 Å². The van der Waals surface area contributed by atoms with Crippen molar-refractivity contribution in [2.75, 3.05) is 18.4 Å². The highest BCUT2D eigenvalue weighted by Gasteiger charge is 2.23. The molecule has 1 aromatic rings. The molecular formula is C15H21FN4O. The number of nitrogens with one attached hydrogen (secondary N) is 1. The van der Waals surface area contributed by atoms with Gasteiger partial charge in [-0.05, 0) is 26.3 Å². The van der Waals surface area contributed by atoms with E-state index in [-0.39, 0.29) is 30.4 Å². The first-order valence-electron chi connectivity index (χ1n) is 7.09. The van der Waals surface area contributed by atoms with E-state index in [2.05, 4.69) is 10.3 Å². The van der Waals surface area contributed by atoms with Crippen molar-refractivity contribution in [3.05, 3.63) is 23.6 Å². The summed E-state index contributed by atoms with van der Waals surface area (Å²) in [5.74, 6) is -0.968. The number of carbonyl (C=O) groups is 1. The maximum atomic E-state index is 14.4. The molecule has 0 fully saturated rings. The number of aromatic nitrogens is 1. The second kappa shape index (κ2) is 8.20.